The Balaban J connectivity index is 2.11. The molecule has 1 amide bonds. The number of thioether (sulfide) groups is 1. The van der Waals surface area contributed by atoms with Crippen molar-refractivity contribution in [1.29, 1.82) is 0 Å². The number of primary amides is 1. The van der Waals surface area contributed by atoms with E-state index >= 15 is 0 Å². The molecule has 1 aromatic heterocycles. The second-order valence-electron chi connectivity index (χ2n) is 3.06. The second-order valence-corrected chi connectivity index (χ2v) is 4.28. The van der Waals surface area contributed by atoms with Crippen molar-refractivity contribution in [3.8, 4) is 0 Å². The third-order valence-electron chi connectivity index (χ3n) is 2.14. The lowest BCUT2D eigenvalue weighted by atomic mass is 10.5. The molecule has 14 heavy (non-hydrogen) atoms. The van der Waals surface area contributed by atoms with Crippen LogP contribution < -0.4 is 10.6 Å². The predicted molar refractivity (Wildman–Crippen MR) is 56.7 cm³/mol. The largest absolute Gasteiger partial charge is 0.353 e. The Morgan fingerprint density at radius 3 is 2.79 bits per heavy atom. The van der Waals surface area contributed by atoms with Gasteiger partial charge in [-0.15, -0.1) is 5.10 Å². The first-order chi connectivity index (χ1) is 6.77. The van der Waals surface area contributed by atoms with E-state index in [4.69, 9.17) is 5.73 Å². The Labute approximate surface area is 86.2 Å². The van der Waals surface area contributed by atoms with Gasteiger partial charge in [0, 0.05) is 36.9 Å². The van der Waals surface area contributed by atoms with Crippen molar-refractivity contribution in [1.82, 2.24) is 9.78 Å². The summed E-state index contributed by atoms with van der Waals surface area (Å²) in [5, 5.41) is 4.09. The van der Waals surface area contributed by atoms with E-state index in [2.05, 4.69) is 10.00 Å². The first kappa shape index (κ1) is 9.39. The lowest BCUT2D eigenvalue weighted by Gasteiger charge is -2.25. The van der Waals surface area contributed by atoms with Crippen LogP contribution in [0.25, 0.3) is 0 Å². The first-order valence-electron chi connectivity index (χ1n) is 4.45. The molecule has 76 valence electrons. The standard InChI is InChI=1S/C8H12N4OS/c9-8(13)12-2-1-7(10-12)11-3-5-14-6-4-11/h1-2H,3-6H2,(H2,9,13). The van der Waals surface area contributed by atoms with Crippen LogP contribution in [-0.2, 0) is 0 Å². The van der Waals surface area contributed by atoms with Crippen LogP contribution >= 0.6 is 11.8 Å². The highest BCUT2D eigenvalue weighted by molar-refractivity contribution is 7.99. The van der Waals surface area contributed by atoms with Crippen LogP contribution in [0, 0.1) is 0 Å². The number of nitrogens with zero attached hydrogens (tertiary/aromatic N) is 3. The van der Waals surface area contributed by atoms with Crippen LogP contribution in [-0.4, -0.2) is 40.4 Å². The van der Waals surface area contributed by atoms with Gasteiger partial charge in [-0.3, -0.25) is 0 Å². The second kappa shape index (κ2) is 3.91. The number of amides is 1. The highest BCUT2D eigenvalue weighted by Crippen LogP contribution is 2.16. The normalized spacial score (nSPS) is 17.0. The quantitative estimate of drug-likeness (QED) is 0.730. The van der Waals surface area contributed by atoms with Gasteiger partial charge < -0.3 is 10.6 Å². The molecular formula is C8H12N4OS. The van der Waals surface area contributed by atoms with Crippen molar-refractivity contribution in [2.24, 2.45) is 5.73 Å². The fourth-order valence-electron chi connectivity index (χ4n) is 1.40. The van der Waals surface area contributed by atoms with Gasteiger partial charge in [-0.25, -0.2) is 4.79 Å². The topological polar surface area (TPSA) is 64.2 Å². The summed E-state index contributed by atoms with van der Waals surface area (Å²) in [6, 6.07) is 1.28. The van der Waals surface area contributed by atoms with Gasteiger partial charge in [0.05, 0.1) is 0 Å². The van der Waals surface area contributed by atoms with Gasteiger partial charge in [-0.2, -0.15) is 16.4 Å². The highest BCUT2D eigenvalue weighted by Gasteiger charge is 2.14. The summed E-state index contributed by atoms with van der Waals surface area (Å²) in [4.78, 5) is 13.0. The molecule has 1 aromatic rings. The zero-order chi connectivity index (χ0) is 9.97. The molecule has 0 aliphatic carbocycles. The number of carbonyl (C=O) groups is 1. The van der Waals surface area contributed by atoms with Gasteiger partial charge in [-0.1, -0.05) is 0 Å². The number of carbonyl (C=O) groups excluding carboxylic acids is 1. The van der Waals surface area contributed by atoms with Crippen molar-refractivity contribution in [3.05, 3.63) is 12.3 Å². The summed E-state index contributed by atoms with van der Waals surface area (Å²) in [5.41, 5.74) is 5.10. The molecule has 0 atom stereocenters. The van der Waals surface area contributed by atoms with Crippen molar-refractivity contribution in [2.45, 2.75) is 0 Å². The number of rotatable bonds is 1. The zero-order valence-electron chi connectivity index (χ0n) is 7.72. The summed E-state index contributed by atoms with van der Waals surface area (Å²) in [7, 11) is 0. The van der Waals surface area contributed by atoms with Gasteiger partial charge in [-0.05, 0) is 0 Å². The fraction of sp³-hybridized carbons (Fsp3) is 0.500. The molecule has 1 fully saturated rings. The third kappa shape index (κ3) is 1.84. The Morgan fingerprint density at radius 2 is 2.21 bits per heavy atom. The van der Waals surface area contributed by atoms with Gasteiger partial charge in [0.2, 0.25) is 0 Å². The van der Waals surface area contributed by atoms with E-state index in [1.807, 2.05) is 17.8 Å². The van der Waals surface area contributed by atoms with E-state index < -0.39 is 6.03 Å². The van der Waals surface area contributed by atoms with Crippen LogP contribution in [0.15, 0.2) is 12.3 Å². The third-order valence-corrected chi connectivity index (χ3v) is 3.08. The molecule has 5 nitrogen and oxygen atoms in total. The maximum absolute atomic E-state index is 10.8. The van der Waals surface area contributed by atoms with E-state index in [0.29, 0.717) is 0 Å². The summed E-state index contributed by atoms with van der Waals surface area (Å²) < 4.78 is 1.16. The molecule has 1 aliphatic heterocycles. The molecule has 0 radical (unpaired) electrons. The minimum atomic E-state index is -0.539. The van der Waals surface area contributed by atoms with E-state index in [9.17, 15) is 4.79 Å². The average molecular weight is 212 g/mol. The van der Waals surface area contributed by atoms with Crippen molar-refractivity contribution in [3.63, 3.8) is 0 Å². The smallest absolute Gasteiger partial charge is 0.339 e. The average Bonchev–Trinajstić information content (AvgIpc) is 2.68. The zero-order valence-corrected chi connectivity index (χ0v) is 8.54. The van der Waals surface area contributed by atoms with Gasteiger partial charge in [0.1, 0.15) is 0 Å². The van der Waals surface area contributed by atoms with E-state index in [1.54, 1.807) is 6.20 Å². The molecule has 0 spiro atoms. The summed E-state index contributed by atoms with van der Waals surface area (Å²) in [5.74, 6) is 3.07. The van der Waals surface area contributed by atoms with Gasteiger partial charge >= 0.3 is 6.03 Å². The SMILES string of the molecule is NC(=O)n1ccc(N2CCSCC2)n1. The van der Waals surface area contributed by atoms with E-state index in [0.717, 1.165) is 35.1 Å². The Bertz CT molecular complexity index is 332. The number of anilines is 1. The van der Waals surface area contributed by atoms with Crippen LogP contribution in [0.3, 0.4) is 0 Å². The van der Waals surface area contributed by atoms with Crippen LogP contribution in [0.1, 0.15) is 0 Å². The molecule has 2 heterocycles. The predicted octanol–water partition coefficient (Wildman–Crippen LogP) is 0.363. The molecular weight excluding hydrogens is 200 g/mol. The fourth-order valence-corrected chi connectivity index (χ4v) is 2.30. The number of aromatic nitrogens is 2. The molecule has 1 aliphatic rings. The molecule has 0 unspecified atom stereocenters. The highest BCUT2D eigenvalue weighted by atomic mass is 32.2. The molecule has 0 aromatic carbocycles. The lowest BCUT2D eigenvalue weighted by Crippen LogP contribution is -2.33. The van der Waals surface area contributed by atoms with Crippen molar-refractivity contribution in [2.75, 3.05) is 29.5 Å². The first-order valence-corrected chi connectivity index (χ1v) is 5.61. The molecule has 6 heteroatoms. The van der Waals surface area contributed by atoms with Crippen molar-refractivity contribution < 1.29 is 4.79 Å². The van der Waals surface area contributed by atoms with Gasteiger partial charge in [0.15, 0.2) is 5.82 Å². The Morgan fingerprint density at radius 1 is 1.50 bits per heavy atom. The van der Waals surface area contributed by atoms with Gasteiger partial charge in [0.25, 0.3) is 0 Å². The van der Waals surface area contributed by atoms with E-state index in [1.165, 1.54) is 0 Å². The monoisotopic (exact) mass is 212 g/mol. The van der Waals surface area contributed by atoms with Crippen molar-refractivity contribution >= 4 is 23.6 Å². The molecule has 0 saturated carbocycles. The number of hydrogen-bond acceptors (Lipinski definition) is 4. The number of hydrogen-bond donors (Lipinski definition) is 1. The van der Waals surface area contributed by atoms with Crippen LogP contribution in [0.4, 0.5) is 10.6 Å². The molecule has 0 bridgehead atoms. The molecule has 2 N–H and O–H groups in total. The molecule has 2 rings (SSSR count). The lowest BCUT2D eigenvalue weighted by molar-refractivity contribution is 0.247. The van der Waals surface area contributed by atoms with Crippen LogP contribution in [0.2, 0.25) is 0 Å². The molecule has 1 saturated heterocycles. The summed E-state index contributed by atoms with van der Waals surface area (Å²) in [6.45, 7) is 1.97. The van der Waals surface area contributed by atoms with Crippen LogP contribution in [0.5, 0.6) is 0 Å². The minimum absolute atomic E-state index is 0.539. The summed E-state index contributed by atoms with van der Waals surface area (Å²) in [6.07, 6.45) is 1.60. The maximum Gasteiger partial charge on any atom is 0.339 e. The Hall–Kier alpha value is -1.17. The Kier molecular flexibility index (Phi) is 2.62. The number of nitrogens with two attached hydrogens (primary N) is 1. The summed E-state index contributed by atoms with van der Waals surface area (Å²) >= 11 is 1.94. The van der Waals surface area contributed by atoms with E-state index in [-0.39, 0.29) is 0 Å². The minimum Gasteiger partial charge on any atom is -0.353 e. The maximum atomic E-state index is 10.8.